The number of ether oxygens (including phenoxy) is 1. The summed E-state index contributed by atoms with van der Waals surface area (Å²) in [6.45, 7) is 0. The van der Waals surface area contributed by atoms with Gasteiger partial charge in [0.25, 0.3) is 0 Å². The Morgan fingerprint density at radius 2 is 1.89 bits per heavy atom. The molecule has 0 bridgehead atoms. The van der Waals surface area contributed by atoms with Gasteiger partial charge >= 0.3 is 0 Å². The molecule has 0 aliphatic heterocycles. The first-order valence-electron chi connectivity index (χ1n) is 5.44. The SMILES string of the molecule is COc1ccc(Br)c(Nc2ccc(C#N)c(Br)c2)c1. The molecule has 0 spiro atoms. The molecule has 0 heterocycles. The zero-order valence-electron chi connectivity index (χ0n) is 10.1. The van der Waals surface area contributed by atoms with Gasteiger partial charge in [-0.15, -0.1) is 0 Å². The first-order chi connectivity index (χ1) is 9.13. The number of hydrogen-bond acceptors (Lipinski definition) is 3. The Hall–Kier alpha value is -1.51. The van der Waals surface area contributed by atoms with Crippen LogP contribution in [-0.2, 0) is 0 Å². The van der Waals surface area contributed by atoms with Crippen molar-refractivity contribution < 1.29 is 4.74 Å². The van der Waals surface area contributed by atoms with E-state index in [-0.39, 0.29) is 0 Å². The molecule has 0 unspecified atom stereocenters. The van der Waals surface area contributed by atoms with Gasteiger partial charge in [-0.1, -0.05) is 0 Å². The molecule has 3 nitrogen and oxygen atoms in total. The standard InChI is InChI=1S/C14H10Br2N2O/c1-19-11-4-5-12(15)14(7-11)18-10-3-2-9(8-17)13(16)6-10/h2-7,18H,1H3. The zero-order chi connectivity index (χ0) is 13.8. The van der Waals surface area contributed by atoms with Crippen LogP contribution in [0, 0.1) is 11.3 Å². The van der Waals surface area contributed by atoms with Crippen molar-refractivity contribution in [1.29, 1.82) is 5.26 Å². The lowest BCUT2D eigenvalue weighted by atomic mass is 10.2. The Morgan fingerprint density at radius 3 is 2.53 bits per heavy atom. The van der Waals surface area contributed by atoms with Gasteiger partial charge in [-0.25, -0.2) is 0 Å². The highest BCUT2D eigenvalue weighted by molar-refractivity contribution is 9.11. The molecule has 0 aliphatic rings. The highest BCUT2D eigenvalue weighted by atomic mass is 79.9. The van der Waals surface area contributed by atoms with Gasteiger partial charge in [0.2, 0.25) is 0 Å². The average Bonchev–Trinajstić information content (AvgIpc) is 2.41. The highest BCUT2D eigenvalue weighted by Gasteiger charge is 2.05. The Labute approximate surface area is 128 Å². The molecule has 2 aromatic rings. The summed E-state index contributed by atoms with van der Waals surface area (Å²) in [4.78, 5) is 0. The van der Waals surface area contributed by atoms with Crippen molar-refractivity contribution in [2.24, 2.45) is 0 Å². The van der Waals surface area contributed by atoms with E-state index in [1.54, 1.807) is 13.2 Å². The van der Waals surface area contributed by atoms with E-state index in [0.717, 1.165) is 26.1 Å². The van der Waals surface area contributed by atoms with E-state index in [1.165, 1.54) is 0 Å². The second-order valence-electron chi connectivity index (χ2n) is 3.78. The molecule has 5 heteroatoms. The fraction of sp³-hybridized carbons (Fsp3) is 0.0714. The summed E-state index contributed by atoms with van der Waals surface area (Å²) in [7, 11) is 1.63. The normalized spacial score (nSPS) is 9.79. The summed E-state index contributed by atoms with van der Waals surface area (Å²) in [6.07, 6.45) is 0. The molecule has 0 aliphatic carbocycles. The summed E-state index contributed by atoms with van der Waals surface area (Å²) >= 11 is 6.85. The minimum absolute atomic E-state index is 0.607. The second kappa shape index (κ2) is 6.09. The van der Waals surface area contributed by atoms with E-state index in [1.807, 2.05) is 30.3 Å². The predicted octanol–water partition coefficient (Wildman–Crippen LogP) is 4.84. The lowest BCUT2D eigenvalue weighted by Gasteiger charge is -2.11. The van der Waals surface area contributed by atoms with E-state index < -0.39 is 0 Å². The van der Waals surface area contributed by atoms with Crippen LogP contribution < -0.4 is 10.1 Å². The number of rotatable bonds is 3. The van der Waals surface area contributed by atoms with E-state index in [2.05, 4.69) is 43.2 Å². The van der Waals surface area contributed by atoms with Crippen LogP contribution in [0.5, 0.6) is 5.75 Å². The van der Waals surface area contributed by atoms with Gasteiger partial charge < -0.3 is 10.1 Å². The Bertz CT molecular complexity index is 650. The third-order valence-electron chi connectivity index (χ3n) is 2.54. The van der Waals surface area contributed by atoms with Crippen LogP contribution in [0.25, 0.3) is 0 Å². The number of methoxy groups -OCH3 is 1. The summed E-state index contributed by atoms with van der Waals surface area (Å²) in [5, 5.41) is 12.2. The van der Waals surface area contributed by atoms with Crippen LogP contribution in [0.3, 0.4) is 0 Å². The molecule has 0 radical (unpaired) electrons. The van der Waals surface area contributed by atoms with E-state index in [0.29, 0.717) is 5.56 Å². The van der Waals surface area contributed by atoms with Crippen LogP contribution in [0.2, 0.25) is 0 Å². The van der Waals surface area contributed by atoms with Crippen LogP contribution in [-0.4, -0.2) is 7.11 Å². The van der Waals surface area contributed by atoms with Gasteiger partial charge in [-0.05, 0) is 62.2 Å². The first kappa shape index (κ1) is 13.9. The van der Waals surface area contributed by atoms with E-state index >= 15 is 0 Å². The van der Waals surface area contributed by atoms with Crippen molar-refractivity contribution in [2.45, 2.75) is 0 Å². The number of hydrogen-bond donors (Lipinski definition) is 1. The number of nitrogens with zero attached hydrogens (tertiary/aromatic N) is 1. The summed E-state index contributed by atoms with van der Waals surface area (Å²) in [6, 6.07) is 13.3. The van der Waals surface area contributed by atoms with Crippen LogP contribution in [0.1, 0.15) is 5.56 Å². The van der Waals surface area contributed by atoms with Crippen molar-refractivity contribution in [3.8, 4) is 11.8 Å². The summed E-state index contributed by atoms with van der Waals surface area (Å²) in [5.74, 6) is 0.776. The Kier molecular flexibility index (Phi) is 4.46. The number of halogens is 2. The van der Waals surface area contributed by atoms with Crippen LogP contribution in [0.15, 0.2) is 45.3 Å². The molecule has 1 N–H and O–H groups in total. The second-order valence-corrected chi connectivity index (χ2v) is 5.49. The number of nitriles is 1. The average molecular weight is 382 g/mol. The molecule has 0 saturated carbocycles. The molecule has 2 rings (SSSR count). The first-order valence-corrected chi connectivity index (χ1v) is 7.03. The molecule has 0 amide bonds. The van der Waals surface area contributed by atoms with Crippen LogP contribution in [0.4, 0.5) is 11.4 Å². The molecule has 0 fully saturated rings. The van der Waals surface area contributed by atoms with Gasteiger partial charge in [0.05, 0.1) is 18.4 Å². The maximum Gasteiger partial charge on any atom is 0.121 e. The number of anilines is 2. The van der Waals surface area contributed by atoms with Crippen molar-refractivity contribution in [3.63, 3.8) is 0 Å². The fourth-order valence-corrected chi connectivity index (χ4v) is 2.38. The van der Waals surface area contributed by atoms with E-state index in [9.17, 15) is 0 Å². The largest absolute Gasteiger partial charge is 0.497 e. The maximum absolute atomic E-state index is 8.89. The van der Waals surface area contributed by atoms with E-state index in [4.69, 9.17) is 10.00 Å². The van der Waals surface area contributed by atoms with Gasteiger partial charge in [-0.2, -0.15) is 5.26 Å². The van der Waals surface area contributed by atoms with Gasteiger partial charge in [0.15, 0.2) is 0 Å². The zero-order valence-corrected chi connectivity index (χ0v) is 13.2. The molecule has 2 aromatic carbocycles. The topological polar surface area (TPSA) is 45.0 Å². The minimum Gasteiger partial charge on any atom is -0.497 e. The van der Waals surface area contributed by atoms with Crippen LogP contribution >= 0.6 is 31.9 Å². The lowest BCUT2D eigenvalue weighted by Crippen LogP contribution is -1.93. The Morgan fingerprint density at radius 1 is 1.11 bits per heavy atom. The molecule has 19 heavy (non-hydrogen) atoms. The highest BCUT2D eigenvalue weighted by Crippen LogP contribution is 2.31. The number of nitrogens with one attached hydrogen (secondary N) is 1. The van der Waals surface area contributed by atoms with Gasteiger partial charge in [-0.3, -0.25) is 0 Å². The summed E-state index contributed by atoms with van der Waals surface area (Å²) < 4.78 is 6.90. The molecule has 0 atom stereocenters. The fourth-order valence-electron chi connectivity index (χ4n) is 1.57. The molecular formula is C14H10Br2N2O. The van der Waals surface area contributed by atoms with Crippen molar-refractivity contribution in [1.82, 2.24) is 0 Å². The molecule has 0 saturated heterocycles. The minimum atomic E-state index is 0.607. The quantitative estimate of drug-likeness (QED) is 0.827. The third-order valence-corrected chi connectivity index (χ3v) is 3.89. The predicted molar refractivity (Wildman–Crippen MR) is 82.8 cm³/mol. The van der Waals surface area contributed by atoms with Crippen molar-refractivity contribution in [3.05, 3.63) is 50.9 Å². The summed E-state index contributed by atoms with van der Waals surface area (Å²) in [5.41, 5.74) is 2.39. The number of benzene rings is 2. The maximum atomic E-state index is 8.89. The van der Waals surface area contributed by atoms with Gasteiger partial charge in [0, 0.05) is 20.7 Å². The lowest BCUT2D eigenvalue weighted by molar-refractivity contribution is 0.415. The molecule has 96 valence electrons. The smallest absolute Gasteiger partial charge is 0.121 e. The molecular weight excluding hydrogens is 372 g/mol. The van der Waals surface area contributed by atoms with Gasteiger partial charge in [0.1, 0.15) is 11.8 Å². The third kappa shape index (κ3) is 3.28. The van der Waals surface area contributed by atoms with Crippen molar-refractivity contribution in [2.75, 3.05) is 12.4 Å². The van der Waals surface area contributed by atoms with Crippen molar-refractivity contribution >= 4 is 43.2 Å². The molecule has 0 aromatic heterocycles. The monoisotopic (exact) mass is 380 g/mol. The Balaban J connectivity index is 2.31.